The van der Waals surface area contributed by atoms with Crippen molar-refractivity contribution in [1.82, 2.24) is 4.98 Å². The molecule has 0 radical (unpaired) electrons. The molecule has 20 heavy (non-hydrogen) atoms. The number of nitro groups is 1. The molecule has 0 amide bonds. The van der Waals surface area contributed by atoms with Gasteiger partial charge in [-0.05, 0) is 46.4 Å². The molecule has 104 valence electrons. The van der Waals surface area contributed by atoms with Crippen molar-refractivity contribution >= 4 is 34.0 Å². The molecule has 0 unspecified atom stereocenters. The molecule has 7 heteroatoms. The smallest absolute Gasteiger partial charge is 0.293 e. The maximum atomic E-state index is 11.0. The molecular formula is C13H12IN3O3. The van der Waals surface area contributed by atoms with Crippen molar-refractivity contribution in [2.24, 2.45) is 0 Å². The molecule has 0 bridgehead atoms. The van der Waals surface area contributed by atoms with Gasteiger partial charge in [0.05, 0.1) is 12.0 Å². The maximum Gasteiger partial charge on any atom is 0.293 e. The number of ether oxygens (including phenoxy) is 1. The number of methoxy groups -OCH3 is 1. The molecular weight excluding hydrogens is 373 g/mol. The van der Waals surface area contributed by atoms with Crippen molar-refractivity contribution in [2.45, 2.75) is 6.54 Å². The van der Waals surface area contributed by atoms with Crippen LogP contribution in [-0.2, 0) is 6.54 Å². The van der Waals surface area contributed by atoms with Gasteiger partial charge in [-0.1, -0.05) is 0 Å². The molecule has 1 heterocycles. The predicted molar refractivity (Wildman–Crippen MR) is 83.9 cm³/mol. The van der Waals surface area contributed by atoms with Crippen molar-refractivity contribution in [2.75, 3.05) is 12.4 Å². The van der Waals surface area contributed by atoms with Gasteiger partial charge in [-0.3, -0.25) is 10.1 Å². The Labute approximate surface area is 129 Å². The number of benzene rings is 1. The Balaban J connectivity index is 2.16. The molecule has 0 fully saturated rings. The van der Waals surface area contributed by atoms with Gasteiger partial charge in [0.2, 0.25) is 5.88 Å². The molecule has 0 aliphatic heterocycles. The summed E-state index contributed by atoms with van der Waals surface area (Å²) in [5.74, 6) is 0.515. The van der Waals surface area contributed by atoms with Gasteiger partial charge in [0.15, 0.2) is 0 Å². The first-order valence-corrected chi connectivity index (χ1v) is 6.85. The number of aromatic nitrogens is 1. The Morgan fingerprint density at radius 3 is 2.90 bits per heavy atom. The van der Waals surface area contributed by atoms with Crippen LogP contribution < -0.4 is 10.1 Å². The van der Waals surface area contributed by atoms with E-state index < -0.39 is 4.92 Å². The summed E-state index contributed by atoms with van der Waals surface area (Å²) in [5.41, 5.74) is 1.49. The summed E-state index contributed by atoms with van der Waals surface area (Å²) < 4.78 is 5.86. The summed E-state index contributed by atoms with van der Waals surface area (Å²) >= 11 is 2.05. The number of hydrogen-bond donors (Lipinski definition) is 1. The molecule has 1 N–H and O–H groups in total. The van der Waals surface area contributed by atoms with Crippen molar-refractivity contribution in [3.8, 4) is 5.88 Å². The van der Waals surface area contributed by atoms with E-state index in [2.05, 4.69) is 10.3 Å². The second-order valence-electron chi connectivity index (χ2n) is 3.98. The van der Waals surface area contributed by atoms with Crippen LogP contribution in [0, 0.1) is 13.7 Å². The van der Waals surface area contributed by atoms with E-state index in [0.29, 0.717) is 18.1 Å². The van der Waals surface area contributed by atoms with Crippen LogP contribution >= 0.6 is 22.6 Å². The van der Waals surface area contributed by atoms with Gasteiger partial charge >= 0.3 is 0 Å². The van der Waals surface area contributed by atoms with E-state index in [1.54, 1.807) is 25.4 Å². The number of halogens is 1. The number of rotatable bonds is 5. The minimum absolute atomic E-state index is 0.0675. The third kappa shape index (κ3) is 3.56. The van der Waals surface area contributed by atoms with Gasteiger partial charge in [-0.25, -0.2) is 4.98 Å². The first-order valence-electron chi connectivity index (χ1n) is 5.77. The minimum Gasteiger partial charge on any atom is -0.481 e. The molecule has 0 saturated heterocycles. The van der Waals surface area contributed by atoms with Crippen LogP contribution in [0.3, 0.4) is 0 Å². The van der Waals surface area contributed by atoms with Crippen LogP contribution in [0.25, 0.3) is 0 Å². The fourth-order valence-electron chi connectivity index (χ4n) is 1.67. The highest BCUT2D eigenvalue weighted by molar-refractivity contribution is 14.1. The van der Waals surface area contributed by atoms with Gasteiger partial charge in [0.1, 0.15) is 5.69 Å². The first kappa shape index (κ1) is 14.5. The van der Waals surface area contributed by atoms with E-state index >= 15 is 0 Å². The Hall–Kier alpha value is -1.90. The predicted octanol–water partition coefficient (Wildman–Crippen LogP) is 3.22. The third-order valence-electron chi connectivity index (χ3n) is 2.65. The summed E-state index contributed by atoms with van der Waals surface area (Å²) in [6, 6.07) is 8.68. The van der Waals surface area contributed by atoms with E-state index in [1.807, 2.05) is 34.7 Å². The lowest BCUT2D eigenvalue weighted by atomic mass is 10.2. The molecule has 0 saturated carbocycles. The normalized spacial score (nSPS) is 10.1. The highest BCUT2D eigenvalue weighted by Crippen LogP contribution is 2.26. The summed E-state index contributed by atoms with van der Waals surface area (Å²) in [4.78, 5) is 14.6. The van der Waals surface area contributed by atoms with Crippen LogP contribution in [0.1, 0.15) is 5.56 Å². The summed E-state index contributed by atoms with van der Waals surface area (Å²) in [7, 11) is 1.55. The van der Waals surface area contributed by atoms with E-state index in [-0.39, 0.29) is 5.69 Å². The number of pyridine rings is 1. The Morgan fingerprint density at radius 2 is 2.20 bits per heavy atom. The fraction of sp³-hybridized carbons (Fsp3) is 0.154. The molecule has 6 nitrogen and oxygen atoms in total. The Kier molecular flexibility index (Phi) is 4.72. The Bertz CT molecular complexity index is 634. The average molecular weight is 385 g/mol. The van der Waals surface area contributed by atoms with Gasteiger partial charge in [-0.2, -0.15) is 0 Å². The lowest BCUT2D eigenvalue weighted by Crippen LogP contribution is -2.03. The average Bonchev–Trinajstić information content (AvgIpc) is 2.46. The zero-order valence-electron chi connectivity index (χ0n) is 10.7. The second kappa shape index (κ2) is 6.51. The molecule has 0 aliphatic rings. The zero-order valence-corrected chi connectivity index (χ0v) is 12.8. The fourth-order valence-corrected chi connectivity index (χ4v) is 2.15. The Morgan fingerprint density at radius 1 is 1.40 bits per heavy atom. The quantitative estimate of drug-likeness (QED) is 0.486. The van der Waals surface area contributed by atoms with Crippen LogP contribution in [0.5, 0.6) is 5.88 Å². The number of anilines is 1. The van der Waals surface area contributed by atoms with Gasteiger partial charge < -0.3 is 10.1 Å². The number of hydrogen-bond acceptors (Lipinski definition) is 5. The third-order valence-corrected chi connectivity index (χ3v) is 3.32. The van der Waals surface area contributed by atoms with Crippen LogP contribution in [0.4, 0.5) is 11.4 Å². The van der Waals surface area contributed by atoms with E-state index in [9.17, 15) is 10.1 Å². The van der Waals surface area contributed by atoms with Crippen molar-refractivity contribution in [3.05, 3.63) is 55.8 Å². The highest BCUT2D eigenvalue weighted by atomic mass is 127. The van der Waals surface area contributed by atoms with Crippen molar-refractivity contribution < 1.29 is 9.66 Å². The van der Waals surface area contributed by atoms with E-state index in [0.717, 1.165) is 9.13 Å². The van der Waals surface area contributed by atoms with Gasteiger partial charge in [-0.15, -0.1) is 0 Å². The van der Waals surface area contributed by atoms with E-state index in [1.165, 1.54) is 6.07 Å². The molecule has 0 atom stereocenters. The second-order valence-corrected chi connectivity index (χ2v) is 5.22. The van der Waals surface area contributed by atoms with Crippen molar-refractivity contribution in [1.29, 1.82) is 0 Å². The minimum atomic E-state index is -0.391. The lowest BCUT2D eigenvalue weighted by Gasteiger charge is -2.08. The molecule has 2 aromatic rings. The van der Waals surface area contributed by atoms with Crippen LogP contribution in [0.2, 0.25) is 0 Å². The van der Waals surface area contributed by atoms with Gasteiger partial charge in [0.25, 0.3) is 5.69 Å². The van der Waals surface area contributed by atoms with Crippen LogP contribution in [0.15, 0.2) is 36.5 Å². The van der Waals surface area contributed by atoms with Gasteiger partial charge in [0, 0.05) is 28.4 Å². The SMILES string of the molecule is COc1cc(CNc2ccc(I)cc2[N+](=O)[O-])ccn1. The molecule has 0 aliphatic carbocycles. The first-order chi connectivity index (χ1) is 9.60. The lowest BCUT2D eigenvalue weighted by molar-refractivity contribution is -0.384. The number of nitrogens with zero attached hydrogens (tertiary/aromatic N) is 2. The molecule has 1 aromatic heterocycles. The molecule has 2 rings (SSSR count). The summed E-state index contributed by atoms with van der Waals surface area (Å²) in [6.07, 6.45) is 1.64. The maximum absolute atomic E-state index is 11.0. The summed E-state index contributed by atoms with van der Waals surface area (Å²) in [6.45, 7) is 0.459. The van der Waals surface area contributed by atoms with Crippen molar-refractivity contribution in [3.63, 3.8) is 0 Å². The molecule has 0 spiro atoms. The number of nitro benzene ring substituents is 1. The largest absolute Gasteiger partial charge is 0.481 e. The van der Waals surface area contributed by atoms with Crippen LogP contribution in [-0.4, -0.2) is 17.0 Å². The molecule has 1 aromatic carbocycles. The zero-order chi connectivity index (χ0) is 14.5. The summed E-state index contributed by atoms with van der Waals surface area (Å²) in [5, 5.41) is 14.1. The standard InChI is InChI=1S/C13H12IN3O3/c1-20-13-6-9(4-5-15-13)8-16-11-3-2-10(14)7-12(11)17(18)19/h2-7,16H,8H2,1H3. The number of nitrogens with one attached hydrogen (secondary N) is 1. The topological polar surface area (TPSA) is 77.3 Å². The monoisotopic (exact) mass is 385 g/mol. The van der Waals surface area contributed by atoms with E-state index in [4.69, 9.17) is 4.74 Å². The highest BCUT2D eigenvalue weighted by Gasteiger charge is 2.13.